The van der Waals surface area contributed by atoms with Crippen molar-refractivity contribution in [3.63, 3.8) is 0 Å². The van der Waals surface area contributed by atoms with E-state index in [4.69, 9.17) is 18.5 Å². The fraction of sp³-hybridized carbons (Fsp3) is 0.793. The van der Waals surface area contributed by atoms with Gasteiger partial charge in [-0.2, -0.15) is 0 Å². The van der Waals surface area contributed by atoms with Gasteiger partial charge in [0.25, 0.3) is 7.82 Å². The number of likely N-dealkylation sites (N-methyl/N-ethyl adjacent to an activating group) is 1. The summed E-state index contributed by atoms with van der Waals surface area (Å²) in [7, 11) is 1.15. The van der Waals surface area contributed by atoms with Crippen molar-refractivity contribution in [2.45, 2.75) is 251 Å². The third-order valence-corrected chi connectivity index (χ3v) is 13.0. The lowest BCUT2D eigenvalue weighted by molar-refractivity contribution is -0.870. The second kappa shape index (κ2) is 49.7. The number of unbranched alkanes of at least 4 members (excludes halogenated alkanes) is 27. The topological polar surface area (TPSA) is 111 Å². The van der Waals surface area contributed by atoms with E-state index in [2.05, 4.69) is 74.6 Å². The molecule has 0 heterocycles. The zero-order chi connectivity index (χ0) is 49.9. The molecule has 0 fully saturated rings. The van der Waals surface area contributed by atoms with E-state index >= 15 is 0 Å². The Morgan fingerprint density at radius 1 is 0.471 bits per heavy atom. The number of rotatable bonds is 51. The summed E-state index contributed by atoms with van der Waals surface area (Å²) in [6, 6.07) is 0. The summed E-state index contributed by atoms with van der Waals surface area (Å²) in [6.45, 7) is 4.11. The van der Waals surface area contributed by atoms with Gasteiger partial charge in [-0.15, -0.1) is 0 Å². The molecule has 0 aliphatic carbocycles. The van der Waals surface area contributed by atoms with Gasteiger partial charge in [-0.1, -0.05) is 216 Å². The first-order valence-electron chi connectivity index (χ1n) is 28.0. The monoisotopic (exact) mass is 976 g/mol. The second-order valence-corrected chi connectivity index (χ2v) is 21.3. The maximum Gasteiger partial charge on any atom is 0.306 e. The van der Waals surface area contributed by atoms with Crippen molar-refractivity contribution in [3.05, 3.63) is 60.8 Å². The smallest absolute Gasteiger partial charge is 0.306 e. The largest absolute Gasteiger partial charge is 0.756 e. The molecule has 0 amide bonds. The molecule has 0 aromatic heterocycles. The number of carbonyl (C=O) groups is 2. The molecule has 0 bridgehead atoms. The number of hydrogen-bond acceptors (Lipinski definition) is 8. The first kappa shape index (κ1) is 65.7. The van der Waals surface area contributed by atoms with Crippen LogP contribution >= 0.6 is 7.82 Å². The van der Waals surface area contributed by atoms with E-state index in [0.29, 0.717) is 17.4 Å². The highest BCUT2D eigenvalue weighted by Crippen LogP contribution is 2.38. The molecule has 0 aromatic carbocycles. The van der Waals surface area contributed by atoms with Gasteiger partial charge in [-0.05, 0) is 77.0 Å². The fourth-order valence-corrected chi connectivity index (χ4v) is 8.43. The van der Waals surface area contributed by atoms with Crippen LogP contribution in [0.3, 0.4) is 0 Å². The van der Waals surface area contributed by atoms with Crippen molar-refractivity contribution in [2.75, 3.05) is 47.5 Å². The summed E-state index contributed by atoms with van der Waals surface area (Å²) in [5.41, 5.74) is 0. The Labute approximate surface area is 419 Å². The molecule has 0 radical (unpaired) electrons. The summed E-state index contributed by atoms with van der Waals surface area (Å²) in [4.78, 5) is 37.8. The molecular formula is C58H106NO8P. The van der Waals surface area contributed by atoms with Crippen molar-refractivity contribution in [1.29, 1.82) is 0 Å². The lowest BCUT2D eigenvalue weighted by Gasteiger charge is -2.28. The Hall–Kier alpha value is -2.29. The van der Waals surface area contributed by atoms with E-state index in [0.717, 1.165) is 77.0 Å². The Morgan fingerprint density at radius 2 is 0.838 bits per heavy atom. The third kappa shape index (κ3) is 53.1. The molecule has 68 heavy (non-hydrogen) atoms. The van der Waals surface area contributed by atoms with E-state index in [-0.39, 0.29) is 32.0 Å². The quantitative estimate of drug-likeness (QED) is 0.0195. The molecule has 0 aliphatic heterocycles. The second-order valence-electron chi connectivity index (χ2n) is 19.9. The molecule has 0 saturated heterocycles. The predicted molar refractivity (Wildman–Crippen MR) is 287 cm³/mol. The van der Waals surface area contributed by atoms with E-state index in [1.165, 1.54) is 135 Å². The van der Waals surface area contributed by atoms with Gasteiger partial charge in [0.15, 0.2) is 6.10 Å². The Bertz CT molecular complexity index is 1340. The maximum absolute atomic E-state index is 12.7. The normalized spacial score (nSPS) is 13.8. The summed E-state index contributed by atoms with van der Waals surface area (Å²) < 4.78 is 34.1. The molecule has 2 atom stereocenters. The van der Waals surface area contributed by atoms with Crippen LogP contribution in [0.15, 0.2) is 60.8 Å². The van der Waals surface area contributed by atoms with Crippen LogP contribution in [0.5, 0.6) is 0 Å². The SMILES string of the molecule is CC/C=C\C/C=C\C/C=C\CCCCCCCC(=O)OC(COC(=O)CCCCCCCCCCCCCCCCCCC/C=C\C/C=C\CCCCCCC)COP(=O)([O-])OCC[N+](C)(C)C. The molecule has 2 unspecified atom stereocenters. The van der Waals surface area contributed by atoms with Crippen molar-refractivity contribution in [2.24, 2.45) is 0 Å². The maximum atomic E-state index is 12.7. The molecule has 0 N–H and O–H groups in total. The van der Waals surface area contributed by atoms with E-state index in [1.807, 2.05) is 21.1 Å². The standard InChI is InChI=1S/C58H106NO8P/c1-6-8-10-12-14-16-18-20-22-23-24-25-26-27-28-29-30-31-32-33-34-35-37-38-40-42-44-46-48-50-57(60)64-54-56(55-66-68(62,63)65-53-52-59(3,4)5)67-58(61)51-49-47-45-43-41-39-36-21-19-17-15-13-11-9-7-2/h9,11,15,17-18,20-21,23-24,36,56H,6-8,10,12-14,16,19,22,25-35,37-55H2,1-5H3/b11-9-,17-15-,20-18-,24-23-,36-21-. The van der Waals surface area contributed by atoms with Crippen LogP contribution in [0, 0.1) is 0 Å². The van der Waals surface area contributed by atoms with Crippen LogP contribution in [0.4, 0.5) is 0 Å². The van der Waals surface area contributed by atoms with Crippen LogP contribution < -0.4 is 4.89 Å². The van der Waals surface area contributed by atoms with Crippen LogP contribution in [0.25, 0.3) is 0 Å². The van der Waals surface area contributed by atoms with Gasteiger partial charge in [0.1, 0.15) is 19.8 Å². The first-order chi connectivity index (χ1) is 33.0. The van der Waals surface area contributed by atoms with Crippen LogP contribution in [-0.4, -0.2) is 70.0 Å². The molecule has 0 aromatic rings. The highest BCUT2D eigenvalue weighted by molar-refractivity contribution is 7.45. The van der Waals surface area contributed by atoms with E-state index in [9.17, 15) is 19.0 Å². The summed E-state index contributed by atoms with van der Waals surface area (Å²) in [5, 5.41) is 0. The van der Waals surface area contributed by atoms with Gasteiger partial charge >= 0.3 is 11.9 Å². The predicted octanol–water partition coefficient (Wildman–Crippen LogP) is 16.5. The summed E-state index contributed by atoms with van der Waals surface area (Å²) in [6.07, 6.45) is 62.7. The number of hydrogen-bond donors (Lipinski definition) is 0. The zero-order valence-corrected chi connectivity index (χ0v) is 45.7. The molecule has 9 nitrogen and oxygen atoms in total. The molecule has 0 saturated carbocycles. The number of allylic oxidation sites excluding steroid dienone is 10. The summed E-state index contributed by atoms with van der Waals surface area (Å²) in [5.74, 6) is -0.849. The lowest BCUT2D eigenvalue weighted by atomic mass is 10.0. The van der Waals surface area contributed by atoms with Crippen molar-refractivity contribution >= 4 is 19.8 Å². The Balaban J connectivity index is 4.09. The molecule has 0 aliphatic rings. The van der Waals surface area contributed by atoms with Crippen molar-refractivity contribution < 1.29 is 42.1 Å². The van der Waals surface area contributed by atoms with Gasteiger partial charge < -0.3 is 27.9 Å². The molecule has 10 heteroatoms. The van der Waals surface area contributed by atoms with Crippen molar-refractivity contribution in [3.8, 4) is 0 Å². The third-order valence-electron chi connectivity index (χ3n) is 12.0. The molecule has 396 valence electrons. The van der Waals surface area contributed by atoms with E-state index < -0.39 is 26.5 Å². The minimum atomic E-state index is -4.64. The van der Waals surface area contributed by atoms with Gasteiger partial charge in [0.2, 0.25) is 0 Å². The molecule has 0 rings (SSSR count). The molecular weight excluding hydrogens is 870 g/mol. The van der Waals surface area contributed by atoms with Crippen molar-refractivity contribution in [1.82, 2.24) is 0 Å². The minimum absolute atomic E-state index is 0.0356. The number of nitrogens with zero attached hydrogens (tertiary/aromatic N) is 1. The number of esters is 2. The average Bonchev–Trinajstić information content (AvgIpc) is 3.30. The highest BCUT2D eigenvalue weighted by Gasteiger charge is 2.21. The van der Waals surface area contributed by atoms with Crippen LogP contribution in [0.2, 0.25) is 0 Å². The number of ether oxygens (including phenoxy) is 2. The summed E-state index contributed by atoms with van der Waals surface area (Å²) >= 11 is 0. The first-order valence-corrected chi connectivity index (χ1v) is 29.5. The van der Waals surface area contributed by atoms with Crippen LogP contribution in [-0.2, 0) is 32.7 Å². The van der Waals surface area contributed by atoms with Gasteiger partial charge in [0, 0.05) is 12.8 Å². The van der Waals surface area contributed by atoms with Gasteiger partial charge in [-0.25, -0.2) is 0 Å². The van der Waals surface area contributed by atoms with Gasteiger partial charge in [0.05, 0.1) is 27.7 Å². The molecule has 0 spiro atoms. The lowest BCUT2D eigenvalue weighted by Crippen LogP contribution is -2.37. The van der Waals surface area contributed by atoms with Gasteiger partial charge in [-0.3, -0.25) is 14.2 Å². The van der Waals surface area contributed by atoms with E-state index in [1.54, 1.807) is 0 Å². The Morgan fingerprint density at radius 3 is 1.25 bits per heavy atom. The highest BCUT2D eigenvalue weighted by atomic mass is 31.2. The Kier molecular flexibility index (Phi) is 48.0. The number of carbonyl (C=O) groups excluding carboxylic acids is 2. The number of phosphoric ester groups is 1. The fourth-order valence-electron chi connectivity index (χ4n) is 7.70. The van der Waals surface area contributed by atoms with Crippen LogP contribution in [0.1, 0.15) is 245 Å². The number of quaternary nitrogens is 1. The average molecular weight is 976 g/mol. The zero-order valence-electron chi connectivity index (χ0n) is 44.8. The number of phosphoric acid groups is 1. The minimum Gasteiger partial charge on any atom is -0.756 e.